The summed E-state index contributed by atoms with van der Waals surface area (Å²) < 4.78 is 2.39. The van der Waals surface area contributed by atoms with Gasteiger partial charge in [-0.05, 0) is 104 Å². The van der Waals surface area contributed by atoms with Crippen LogP contribution in [0.4, 0.5) is 17.1 Å². The molecule has 0 saturated heterocycles. The number of hydrogen-bond donors (Lipinski definition) is 0. The fourth-order valence-electron chi connectivity index (χ4n) is 8.96. The molecular weight excluding hydrogens is 701 g/mol. The number of hydrogen-bond acceptors (Lipinski definition) is 1. The molecule has 0 amide bonds. The van der Waals surface area contributed by atoms with E-state index in [1.807, 2.05) is 0 Å². The minimum atomic E-state index is 1.09. The molecule has 2 nitrogen and oxygen atoms in total. The Morgan fingerprint density at radius 3 is 1.66 bits per heavy atom. The second kappa shape index (κ2) is 14.1. The van der Waals surface area contributed by atoms with Crippen LogP contribution in [0.1, 0.15) is 0 Å². The summed E-state index contributed by atoms with van der Waals surface area (Å²) in [5, 5.41) is 7.39. The topological polar surface area (TPSA) is 8.17 Å². The molecule has 0 fully saturated rings. The average Bonchev–Trinajstić information content (AvgIpc) is 3.63. The van der Waals surface area contributed by atoms with Crippen molar-refractivity contribution in [3.8, 4) is 39.1 Å². The molecule has 0 radical (unpaired) electrons. The number of rotatable bonds is 7. The zero-order valence-corrected chi connectivity index (χ0v) is 31.8. The second-order valence-electron chi connectivity index (χ2n) is 14.9. The Morgan fingerprint density at radius 2 is 0.862 bits per heavy atom. The lowest BCUT2D eigenvalue weighted by Gasteiger charge is -2.30. The lowest BCUT2D eigenvalue weighted by atomic mass is 9.87. The van der Waals surface area contributed by atoms with Gasteiger partial charge < -0.3 is 9.47 Å². The molecule has 0 aliphatic carbocycles. The van der Waals surface area contributed by atoms with E-state index < -0.39 is 0 Å². The van der Waals surface area contributed by atoms with Crippen molar-refractivity contribution in [1.29, 1.82) is 0 Å². The molecule has 10 aromatic carbocycles. The van der Waals surface area contributed by atoms with Crippen LogP contribution in [0.3, 0.4) is 0 Å². The van der Waals surface area contributed by atoms with Crippen LogP contribution >= 0.6 is 0 Å². The molecule has 0 aliphatic rings. The van der Waals surface area contributed by atoms with Gasteiger partial charge in [0.2, 0.25) is 0 Å². The van der Waals surface area contributed by atoms with Crippen LogP contribution in [0.5, 0.6) is 0 Å². The Balaban J connectivity index is 1.23. The lowest BCUT2D eigenvalue weighted by molar-refractivity contribution is 1.18. The highest BCUT2D eigenvalue weighted by atomic mass is 15.1. The zero-order chi connectivity index (χ0) is 38.4. The van der Waals surface area contributed by atoms with Gasteiger partial charge in [-0.15, -0.1) is 0 Å². The number of para-hydroxylation sites is 2. The standard InChI is InChI=1S/C56H38N2/c1-4-17-39(18-5-1)47-25-12-13-27-51(47)56-49(40-19-6-2-7-20-40)28-16-30-55(56)57(44-33-35-48-42(37-44)32-31-41-21-10-11-24-46(41)48)45-34-36-54-52(38-45)50-26-14-15-29-53(50)58(54)43-22-8-3-9-23-43/h1-38H. The fourth-order valence-corrected chi connectivity index (χ4v) is 8.96. The molecule has 0 N–H and O–H groups in total. The van der Waals surface area contributed by atoms with E-state index in [1.165, 1.54) is 76.7 Å². The van der Waals surface area contributed by atoms with Crippen molar-refractivity contribution >= 4 is 60.4 Å². The molecule has 0 aliphatic heterocycles. The van der Waals surface area contributed by atoms with Crippen molar-refractivity contribution in [3.63, 3.8) is 0 Å². The van der Waals surface area contributed by atoms with Crippen LogP contribution in [0, 0.1) is 0 Å². The van der Waals surface area contributed by atoms with Crippen LogP contribution in [0.2, 0.25) is 0 Å². The van der Waals surface area contributed by atoms with Crippen molar-refractivity contribution in [3.05, 3.63) is 231 Å². The normalized spacial score (nSPS) is 11.4. The van der Waals surface area contributed by atoms with Gasteiger partial charge in [0.05, 0.1) is 16.7 Å². The van der Waals surface area contributed by atoms with Gasteiger partial charge in [0.15, 0.2) is 0 Å². The lowest BCUT2D eigenvalue weighted by Crippen LogP contribution is -2.12. The first-order valence-corrected chi connectivity index (χ1v) is 19.9. The smallest absolute Gasteiger partial charge is 0.0546 e. The zero-order valence-electron chi connectivity index (χ0n) is 31.8. The number of anilines is 3. The Labute approximate surface area is 338 Å². The van der Waals surface area contributed by atoms with Crippen molar-refractivity contribution in [2.24, 2.45) is 0 Å². The molecule has 0 saturated carbocycles. The number of fused-ring (bicyclic) bond motifs is 6. The van der Waals surface area contributed by atoms with Crippen LogP contribution in [0.15, 0.2) is 231 Å². The monoisotopic (exact) mass is 738 g/mol. The van der Waals surface area contributed by atoms with Crippen LogP contribution in [0.25, 0.3) is 82.4 Å². The van der Waals surface area contributed by atoms with E-state index in [0.717, 1.165) is 22.7 Å². The van der Waals surface area contributed by atoms with Crippen molar-refractivity contribution in [1.82, 2.24) is 4.57 Å². The predicted molar refractivity (Wildman–Crippen MR) is 247 cm³/mol. The summed E-state index contributed by atoms with van der Waals surface area (Å²) in [6.45, 7) is 0. The first-order valence-electron chi connectivity index (χ1n) is 19.9. The molecule has 2 heteroatoms. The maximum atomic E-state index is 2.48. The third kappa shape index (κ3) is 5.66. The maximum absolute atomic E-state index is 2.48. The van der Waals surface area contributed by atoms with Gasteiger partial charge >= 0.3 is 0 Å². The minimum absolute atomic E-state index is 1.09. The largest absolute Gasteiger partial charge is 0.310 e. The summed E-state index contributed by atoms with van der Waals surface area (Å²) in [7, 11) is 0. The molecule has 272 valence electrons. The van der Waals surface area contributed by atoms with Gasteiger partial charge in [0.1, 0.15) is 0 Å². The van der Waals surface area contributed by atoms with E-state index in [1.54, 1.807) is 0 Å². The molecule has 0 atom stereocenters. The Bertz CT molecular complexity index is 3270. The minimum Gasteiger partial charge on any atom is -0.310 e. The van der Waals surface area contributed by atoms with Crippen LogP contribution in [-0.4, -0.2) is 4.57 Å². The van der Waals surface area contributed by atoms with Gasteiger partial charge in [0.25, 0.3) is 0 Å². The molecule has 1 aromatic heterocycles. The van der Waals surface area contributed by atoms with Gasteiger partial charge in [0, 0.05) is 33.4 Å². The van der Waals surface area contributed by atoms with E-state index in [9.17, 15) is 0 Å². The quantitative estimate of drug-likeness (QED) is 0.148. The van der Waals surface area contributed by atoms with E-state index in [-0.39, 0.29) is 0 Å². The number of aromatic nitrogens is 1. The molecule has 0 spiro atoms. The molecule has 0 bridgehead atoms. The van der Waals surface area contributed by atoms with Gasteiger partial charge in [-0.25, -0.2) is 0 Å². The Kier molecular flexibility index (Phi) is 8.19. The molecule has 58 heavy (non-hydrogen) atoms. The third-order valence-corrected chi connectivity index (χ3v) is 11.6. The van der Waals surface area contributed by atoms with Gasteiger partial charge in [-0.3, -0.25) is 0 Å². The average molecular weight is 739 g/mol. The van der Waals surface area contributed by atoms with Gasteiger partial charge in [-0.1, -0.05) is 176 Å². The fraction of sp³-hybridized carbons (Fsp3) is 0. The highest BCUT2D eigenvalue weighted by molar-refractivity contribution is 6.12. The summed E-state index contributed by atoms with van der Waals surface area (Å²) in [6.07, 6.45) is 0. The number of benzene rings is 10. The van der Waals surface area contributed by atoms with Crippen molar-refractivity contribution < 1.29 is 0 Å². The number of nitrogens with zero attached hydrogens (tertiary/aromatic N) is 2. The molecule has 0 unspecified atom stereocenters. The van der Waals surface area contributed by atoms with E-state index >= 15 is 0 Å². The summed E-state index contributed by atoms with van der Waals surface area (Å²) in [4.78, 5) is 2.48. The van der Waals surface area contributed by atoms with Crippen molar-refractivity contribution in [2.45, 2.75) is 0 Å². The summed E-state index contributed by atoms with van der Waals surface area (Å²) in [6, 6.07) is 83.8. The first-order chi connectivity index (χ1) is 28.8. The summed E-state index contributed by atoms with van der Waals surface area (Å²) >= 11 is 0. The van der Waals surface area contributed by atoms with Crippen LogP contribution < -0.4 is 4.90 Å². The van der Waals surface area contributed by atoms with Crippen LogP contribution in [-0.2, 0) is 0 Å². The summed E-state index contributed by atoms with van der Waals surface area (Å²) in [5.41, 5.74) is 13.9. The van der Waals surface area contributed by atoms with E-state index in [4.69, 9.17) is 0 Å². The first kappa shape index (κ1) is 33.6. The maximum Gasteiger partial charge on any atom is 0.0546 e. The molecule has 11 aromatic rings. The van der Waals surface area contributed by atoms with Gasteiger partial charge in [-0.2, -0.15) is 0 Å². The Hall–Kier alpha value is -7.68. The molecule has 11 rings (SSSR count). The summed E-state index contributed by atoms with van der Waals surface area (Å²) in [5.74, 6) is 0. The highest BCUT2D eigenvalue weighted by Crippen LogP contribution is 2.49. The van der Waals surface area contributed by atoms with E-state index in [0.29, 0.717) is 0 Å². The third-order valence-electron chi connectivity index (χ3n) is 11.6. The predicted octanol–water partition coefficient (Wildman–Crippen LogP) is 15.6. The Morgan fingerprint density at radius 1 is 0.310 bits per heavy atom. The second-order valence-corrected chi connectivity index (χ2v) is 14.9. The SMILES string of the molecule is c1ccc(-c2ccccc2-c2c(-c3ccccc3)cccc2N(c2ccc3c(ccc4ccccc43)c2)c2ccc3c(c2)c2ccccc2n3-c2ccccc2)cc1. The highest BCUT2D eigenvalue weighted by Gasteiger charge is 2.24. The van der Waals surface area contributed by atoms with Crippen molar-refractivity contribution in [2.75, 3.05) is 4.90 Å². The molecular formula is C56H38N2. The molecule has 1 heterocycles. The van der Waals surface area contributed by atoms with E-state index in [2.05, 4.69) is 240 Å².